The Labute approximate surface area is 250 Å². The van der Waals surface area contributed by atoms with Crippen molar-refractivity contribution < 1.29 is 57.2 Å². The fourth-order valence-corrected chi connectivity index (χ4v) is 4.96. The van der Waals surface area contributed by atoms with Crippen molar-refractivity contribution in [2.24, 2.45) is 10.2 Å². The molecule has 0 saturated carbocycles. The first kappa shape index (κ1) is 29.9. The molecule has 0 aromatic heterocycles. The molecule has 0 spiro atoms. The van der Waals surface area contributed by atoms with Gasteiger partial charge >= 0.3 is 29.6 Å². The van der Waals surface area contributed by atoms with Crippen molar-refractivity contribution in [3.63, 3.8) is 0 Å². The quantitative estimate of drug-likeness (QED) is 0.203. The number of fused-ring (bicyclic) bond motifs is 1. The molecule has 9 nitrogen and oxygen atoms in total. The van der Waals surface area contributed by atoms with Crippen molar-refractivity contribution in [2.75, 3.05) is 12.4 Å². The van der Waals surface area contributed by atoms with Crippen LogP contribution in [-0.2, 0) is 10.1 Å². The Balaban J connectivity index is 0.00000400. The van der Waals surface area contributed by atoms with E-state index in [1.165, 1.54) is 26.2 Å². The molecule has 0 saturated heterocycles. The Kier molecular flexibility index (Phi) is 9.43. The van der Waals surface area contributed by atoms with E-state index in [1.807, 2.05) is 0 Å². The average molecular weight is 582 g/mol. The summed E-state index contributed by atoms with van der Waals surface area (Å²) in [4.78, 5) is 12.6. The van der Waals surface area contributed by atoms with Gasteiger partial charge < -0.3 is 15.2 Å². The van der Waals surface area contributed by atoms with E-state index in [0.29, 0.717) is 22.1 Å². The number of benzene rings is 4. The molecule has 0 aliphatic rings. The van der Waals surface area contributed by atoms with Gasteiger partial charge in [-0.15, -0.1) is 5.11 Å². The standard InChI is InChI=1S/C25H19Cl2N3O6S.Na/c1-13-10-15(26)12-20(37(33,34)35)21(13)29-30-22-16-7-4-3-6-14(16)11-17(24(22)31)25(32)28-23-18(27)8-5-9-19(23)36-2;/h3-12,31H,1-2H3,(H,28,32)(H,33,34,35);/q;+1/p-1. The van der Waals surface area contributed by atoms with Gasteiger partial charge in [0.15, 0.2) is 0 Å². The number of rotatable bonds is 6. The molecule has 0 radical (unpaired) electrons. The van der Waals surface area contributed by atoms with E-state index < -0.39 is 26.7 Å². The fraction of sp³-hybridized carbons (Fsp3) is 0.0800. The van der Waals surface area contributed by atoms with Gasteiger partial charge in [0.2, 0.25) is 0 Å². The third-order valence-corrected chi connectivity index (χ3v) is 6.81. The van der Waals surface area contributed by atoms with Crippen LogP contribution in [0, 0.1) is 6.92 Å². The molecule has 4 aromatic rings. The van der Waals surface area contributed by atoms with Crippen LogP contribution in [0.4, 0.5) is 17.1 Å². The Morgan fingerprint density at radius 3 is 2.39 bits per heavy atom. The predicted octanol–water partition coefficient (Wildman–Crippen LogP) is 3.46. The van der Waals surface area contributed by atoms with Gasteiger partial charge in [-0.2, -0.15) is 13.5 Å². The van der Waals surface area contributed by atoms with E-state index in [9.17, 15) is 22.9 Å². The second-order valence-electron chi connectivity index (χ2n) is 7.84. The van der Waals surface area contributed by atoms with Crippen molar-refractivity contribution >= 4 is 67.1 Å². The van der Waals surface area contributed by atoms with Crippen molar-refractivity contribution in [3.05, 3.63) is 81.8 Å². The molecule has 0 aliphatic carbocycles. The molecule has 0 unspecified atom stereocenters. The third kappa shape index (κ3) is 6.13. The average Bonchev–Trinajstić information content (AvgIpc) is 2.84. The summed E-state index contributed by atoms with van der Waals surface area (Å²) >= 11 is 12.2. The molecule has 13 heteroatoms. The molecule has 2 N–H and O–H groups in total. The van der Waals surface area contributed by atoms with Crippen LogP contribution in [0.2, 0.25) is 10.0 Å². The summed E-state index contributed by atoms with van der Waals surface area (Å²) in [7, 11) is -3.30. The van der Waals surface area contributed by atoms with Crippen LogP contribution in [0.3, 0.4) is 0 Å². The van der Waals surface area contributed by atoms with Crippen LogP contribution in [0.25, 0.3) is 10.8 Å². The number of carbonyl (C=O) groups excluding carboxylic acids is 1. The van der Waals surface area contributed by atoms with Gasteiger partial charge in [-0.3, -0.25) is 9.35 Å². The van der Waals surface area contributed by atoms with Gasteiger partial charge in [0, 0.05) is 16.0 Å². The van der Waals surface area contributed by atoms with E-state index in [0.717, 1.165) is 6.07 Å². The van der Waals surface area contributed by atoms with E-state index in [4.69, 9.17) is 27.9 Å². The molecule has 0 fully saturated rings. The van der Waals surface area contributed by atoms with Gasteiger partial charge in [0.1, 0.15) is 22.0 Å². The molecule has 0 atom stereocenters. The molecule has 38 heavy (non-hydrogen) atoms. The van der Waals surface area contributed by atoms with Crippen molar-refractivity contribution in [1.29, 1.82) is 0 Å². The van der Waals surface area contributed by atoms with Crippen LogP contribution in [-0.4, -0.2) is 26.0 Å². The van der Waals surface area contributed by atoms with Gasteiger partial charge in [0.05, 0.1) is 17.8 Å². The fourth-order valence-electron chi connectivity index (χ4n) is 3.68. The Hall–Kier alpha value is -2.70. The second-order valence-corrected chi connectivity index (χ2v) is 10.1. The molecule has 1 amide bonds. The number of nitrogens with zero attached hydrogens (tertiary/aromatic N) is 2. The number of halogens is 2. The predicted molar refractivity (Wildman–Crippen MR) is 140 cm³/mol. The zero-order valence-corrected chi connectivity index (χ0v) is 24.6. The van der Waals surface area contributed by atoms with Gasteiger partial charge in [-0.25, -0.2) is 0 Å². The minimum absolute atomic E-state index is 0. The minimum Gasteiger partial charge on any atom is -0.870 e. The largest absolute Gasteiger partial charge is 1.00 e. The normalized spacial score (nSPS) is 11.4. The number of hydrogen-bond donors (Lipinski definition) is 2. The van der Waals surface area contributed by atoms with Gasteiger partial charge in [0.25, 0.3) is 16.0 Å². The van der Waals surface area contributed by atoms with Crippen LogP contribution in [0.1, 0.15) is 15.9 Å². The first-order valence-corrected chi connectivity index (χ1v) is 12.8. The summed E-state index contributed by atoms with van der Waals surface area (Å²) in [6.07, 6.45) is 0. The summed E-state index contributed by atoms with van der Waals surface area (Å²) in [5.41, 5.74) is -0.184. The molecular formula is C25H18Cl2N3NaO6S. The number of ether oxygens (including phenoxy) is 1. The molecule has 0 bridgehead atoms. The van der Waals surface area contributed by atoms with Crippen molar-refractivity contribution in [3.8, 4) is 11.5 Å². The van der Waals surface area contributed by atoms with E-state index >= 15 is 0 Å². The molecule has 4 rings (SSSR count). The first-order chi connectivity index (χ1) is 17.5. The maximum absolute atomic E-state index is 13.4. The van der Waals surface area contributed by atoms with Crippen molar-refractivity contribution in [2.45, 2.75) is 11.8 Å². The number of hydrogen-bond acceptors (Lipinski definition) is 7. The Morgan fingerprint density at radius 1 is 1.03 bits per heavy atom. The zero-order chi connectivity index (χ0) is 26.9. The van der Waals surface area contributed by atoms with Crippen LogP contribution in [0.5, 0.6) is 11.5 Å². The number of carbonyl (C=O) groups is 1. The summed E-state index contributed by atoms with van der Waals surface area (Å²) in [5, 5.41) is 25.2. The summed E-state index contributed by atoms with van der Waals surface area (Å²) in [5.74, 6) is -1.23. The number of azo groups is 1. The number of anilines is 1. The van der Waals surface area contributed by atoms with Gasteiger partial charge in [-0.05, 0) is 48.2 Å². The summed E-state index contributed by atoms with van der Waals surface area (Å²) < 4.78 is 38.7. The van der Waals surface area contributed by atoms with Crippen LogP contribution in [0.15, 0.2) is 75.8 Å². The summed E-state index contributed by atoms with van der Waals surface area (Å²) in [6, 6.07) is 15.3. The van der Waals surface area contributed by atoms with E-state index in [2.05, 4.69) is 15.5 Å². The van der Waals surface area contributed by atoms with E-state index in [-0.39, 0.29) is 62.2 Å². The van der Waals surface area contributed by atoms with Crippen molar-refractivity contribution in [1.82, 2.24) is 0 Å². The number of amides is 1. The number of methoxy groups -OCH3 is 1. The molecule has 4 aromatic carbocycles. The number of aryl methyl sites for hydroxylation is 1. The molecule has 0 heterocycles. The van der Waals surface area contributed by atoms with E-state index in [1.54, 1.807) is 42.5 Å². The second kappa shape index (κ2) is 12.0. The van der Waals surface area contributed by atoms with Gasteiger partial charge in [-0.1, -0.05) is 59.3 Å². The number of para-hydroxylation sites is 1. The zero-order valence-electron chi connectivity index (χ0n) is 20.3. The molecule has 0 aliphatic heterocycles. The molecule has 190 valence electrons. The SMILES string of the molecule is COc1cccc(Cl)c1NC(=O)c1cc2ccccc2c(N=Nc2c(C)cc(Cl)cc2S(=O)(=O)O)c1[O-].[Na+]. The maximum Gasteiger partial charge on any atom is 1.00 e. The molecular weight excluding hydrogens is 564 g/mol. The smallest absolute Gasteiger partial charge is 0.870 e. The monoisotopic (exact) mass is 581 g/mol. The first-order valence-electron chi connectivity index (χ1n) is 10.6. The minimum atomic E-state index is -4.71. The third-order valence-electron chi connectivity index (χ3n) is 5.41. The van der Waals surface area contributed by atoms with Crippen LogP contribution >= 0.6 is 23.2 Å². The number of nitrogens with one attached hydrogen (secondary N) is 1. The maximum atomic E-state index is 13.4. The van der Waals surface area contributed by atoms with Crippen LogP contribution < -0.4 is 44.7 Å². The topological polar surface area (TPSA) is 140 Å². The Morgan fingerprint density at radius 2 is 1.71 bits per heavy atom. The Bertz CT molecular complexity index is 1700. The summed E-state index contributed by atoms with van der Waals surface area (Å²) in [6.45, 7) is 1.52.